The van der Waals surface area contributed by atoms with E-state index in [1.54, 1.807) is 29.1 Å². The maximum atomic E-state index is 12.7. The lowest BCUT2D eigenvalue weighted by molar-refractivity contribution is 0.102. The number of benzene rings is 2. The molecule has 2 N–H and O–H groups in total. The van der Waals surface area contributed by atoms with E-state index in [1.807, 2.05) is 24.3 Å². The number of carbonyl (C=O) groups is 1. The van der Waals surface area contributed by atoms with Crippen LogP contribution in [0.5, 0.6) is 11.5 Å². The number of fused-ring (bicyclic) bond motifs is 1. The number of amides is 1. The van der Waals surface area contributed by atoms with Crippen LogP contribution in [0, 0.1) is 0 Å². The third-order valence-electron chi connectivity index (χ3n) is 4.79. The van der Waals surface area contributed by atoms with Crippen molar-refractivity contribution < 1.29 is 14.3 Å². The summed E-state index contributed by atoms with van der Waals surface area (Å²) in [5.41, 5.74) is 2.55. The first-order valence-electron chi connectivity index (χ1n) is 9.40. The van der Waals surface area contributed by atoms with Gasteiger partial charge in [0.1, 0.15) is 5.69 Å². The van der Waals surface area contributed by atoms with E-state index >= 15 is 0 Å². The molecule has 0 bridgehead atoms. The number of aromatic nitrogens is 4. The Labute approximate surface area is 200 Å². The number of hydrogen-bond acceptors (Lipinski definition) is 5. The first kappa shape index (κ1) is 20.9. The molecule has 32 heavy (non-hydrogen) atoms. The quantitative estimate of drug-likeness (QED) is 0.359. The van der Waals surface area contributed by atoms with Gasteiger partial charge in [-0.2, -0.15) is 10.2 Å². The van der Waals surface area contributed by atoms with Gasteiger partial charge in [-0.3, -0.25) is 14.6 Å². The molecule has 162 valence electrons. The number of hydrogen-bond donors (Lipinski definition) is 2. The largest absolute Gasteiger partial charge is 0.454 e. The van der Waals surface area contributed by atoms with E-state index in [2.05, 4.69) is 36.5 Å². The molecule has 1 aliphatic heterocycles. The summed E-state index contributed by atoms with van der Waals surface area (Å²) in [6.07, 6.45) is 1.76. The molecule has 2 aromatic carbocycles. The van der Waals surface area contributed by atoms with E-state index in [0.717, 1.165) is 11.1 Å². The molecule has 4 aromatic rings. The Balaban J connectivity index is 1.30. The van der Waals surface area contributed by atoms with Crippen molar-refractivity contribution in [2.75, 3.05) is 12.1 Å². The molecule has 3 heterocycles. The van der Waals surface area contributed by atoms with Crippen LogP contribution in [-0.2, 0) is 6.54 Å². The van der Waals surface area contributed by atoms with Gasteiger partial charge in [0.05, 0.1) is 16.7 Å². The fourth-order valence-electron chi connectivity index (χ4n) is 3.20. The maximum absolute atomic E-state index is 12.7. The van der Waals surface area contributed by atoms with Gasteiger partial charge in [-0.15, -0.1) is 0 Å². The summed E-state index contributed by atoms with van der Waals surface area (Å²) in [5, 5.41) is 15.3. The number of H-pyrrole nitrogens is 1. The number of nitrogens with zero attached hydrogens (tertiary/aromatic N) is 3. The zero-order valence-electron chi connectivity index (χ0n) is 16.2. The molecular weight excluding hydrogens is 521 g/mol. The van der Waals surface area contributed by atoms with Gasteiger partial charge in [-0.1, -0.05) is 29.3 Å². The van der Waals surface area contributed by atoms with Gasteiger partial charge in [0.25, 0.3) is 5.91 Å². The van der Waals surface area contributed by atoms with Crippen LogP contribution >= 0.6 is 39.1 Å². The predicted molar refractivity (Wildman–Crippen MR) is 124 cm³/mol. The Morgan fingerprint density at radius 1 is 1.16 bits per heavy atom. The Hall–Kier alpha value is -3.01. The summed E-state index contributed by atoms with van der Waals surface area (Å²) in [6, 6.07) is 12.4. The van der Waals surface area contributed by atoms with E-state index in [-0.39, 0.29) is 12.7 Å². The average molecular weight is 535 g/mol. The topological polar surface area (TPSA) is 94.1 Å². The third kappa shape index (κ3) is 4.19. The molecule has 1 aliphatic rings. The summed E-state index contributed by atoms with van der Waals surface area (Å²) in [5.74, 6) is 1.33. The maximum Gasteiger partial charge on any atom is 0.274 e. The molecule has 0 fully saturated rings. The van der Waals surface area contributed by atoms with Gasteiger partial charge in [0.15, 0.2) is 17.3 Å². The highest BCUT2D eigenvalue weighted by Crippen LogP contribution is 2.35. The molecule has 0 atom stereocenters. The van der Waals surface area contributed by atoms with Gasteiger partial charge in [0, 0.05) is 21.8 Å². The van der Waals surface area contributed by atoms with Gasteiger partial charge in [-0.05, 0) is 57.9 Å². The lowest BCUT2D eigenvalue weighted by atomic mass is 10.1. The number of halogens is 3. The summed E-state index contributed by atoms with van der Waals surface area (Å²) in [6.45, 7) is 0.613. The Kier molecular flexibility index (Phi) is 5.54. The summed E-state index contributed by atoms with van der Waals surface area (Å²) in [7, 11) is 0. The first-order chi connectivity index (χ1) is 15.5. The van der Waals surface area contributed by atoms with Crippen LogP contribution in [0.1, 0.15) is 16.1 Å². The highest BCUT2D eigenvalue weighted by molar-refractivity contribution is 9.10. The number of anilines is 1. The average Bonchev–Trinajstić information content (AvgIpc) is 3.50. The number of carbonyl (C=O) groups excluding carboxylic acids is 1. The number of ether oxygens (including phenoxy) is 2. The van der Waals surface area contributed by atoms with Crippen molar-refractivity contribution in [3.05, 3.63) is 74.4 Å². The molecule has 0 saturated carbocycles. The zero-order valence-corrected chi connectivity index (χ0v) is 19.3. The molecule has 5 rings (SSSR count). The highest BCUT2D eigenvalue weighted by Gasteiger charge is 2.18. The van der Waals surface area contributed by atoms with E-state index in [1.165, 1.54) is 0 Å². The van der Waals surface area contributed by atoms with Crippen LogP contribution in [0.2, 0.25) is 10.0 Å². The van der Waals surface area contributed by atoms with Crippen LogP contribution in [0.25, 0.3) is 11.3 Å². The van der Waals surface area contributed by atoms with E-state index < -0.39 is 0 Å². The fraction of sp³-hybridized carbons (Fsp3) is 0.0952. The number of aromatic amines is 1. The van der Waals surface area contributed by atoms with Gasteiger partial charge < -0.3 is 14.8 Å². The lowest BCUT2D eigenvalue weighted by Gasteiger charge is -2.05. The van der Waals surface area contributed by atoms with Gasteiger partial charge in [0.2, 0.25) is 6.79 Å². The molecule has 1 amide bonds. The molecule has 0 spiro atoms. The summed E-state index contributed by atoms with van der Waals surface area (Å²) in [4.78, 5) is 12.7. The van der Waals surface area contributed by atoms with Crippen LogP contribution in [0.4, 0.5) is 5.82 Å². The van der Waals surface area contributed by atoms with Crippen molar-refractivity contribution in [1.82, 2.24) is 20.0 Å². The monoisotopic (exact) mass is 533 g/mol. The van der Waals surface area contributed by atoms with Crippen molar-refractivity contribution in [3.63, 3.8) is 0 Å². The molecule has 8 nitrogen and oxygen atoms in total. The molecule has 2 aromatic heterocycles. The number of rotatable bonds is 5. The minimum atomic E-state index is -0.375. The van der Waals surface area contributed by atoms with Crippen molar-refractivity contribution >= 4 is 50.9 Å². The number of nitrogens with one attached hydrogen (secondary N) is 2. The Morgan fingerprint density at radius 3 is 2.84 bits per heavy atom. The van der Waals surface area contributed by atoms with Crippen LogP contribution < -0.4 is 14.8 Å². The second kappa shape index (κ2) is 8.50. The van der Waals surface area contributed by atoms with E-state index in [4.69, 9.17) is 32.7 Å². The highest BCUT2D eigenvalue weighted by atomic mass is 79.9. The van der Waals surface area contributed by atoms with Crippen molar-refractivity contribution in [2.45, 2.75) is 6.54 Å². The van der Waals surface area contributed by atoms with Gasteiger partial charge >= 0.3 is 0 Å². The Bertz CT molecular complexity index is 1340. The van der Waals surface area contributed by atoms with E-state index in [0.29, 0.717) is 49.8 Å². The molecule has 0 radical (unpaired) electrons. The smallest absolute Gasteiger partial charge is 0.274 e. The summed E-state index contributed by atoms with van der Waals surface area (Å²) < 4.78 is 13.0. The minimum Gasteiger partial charge on any atom is -0.454 e. The van der Waals surface area contributed by atoms with Crippen LogP contribution in [-0.4, -0.2) is 32.7 Å². The fourth-order valence-corrected chi connectivity index (χ4v) is 4.09. The first-order valence-corrected chi connectivity index (χ1v) is 10.9. The SMILES string of the molecule is O=C(Nc1nn(Cc2ccc(Cl)cc2Cl)cc1Br)c1cc(-c2ccc3c(c2)OCO3)n[nH]1. The van der Waals surface area contributed by atoms with Crippen LogP contribution in [0.3, 0.4) is 0 Å². The standard InChI is InChI=1S/C21H14BrCl2N5O3/c22-14-9-29(8-12-1-3-13(23)6-15(12)24)28-20(14)25-21(30)17-7-16(26-27-17)11-2-4-18-19(5-11)32-10-31-18/h1-7,9H,8,10H2,(H,26,27)(H,25,28,30). The zero-order chi connectivity index (χ0) is 22.2. The normalized spacial score (nSPS) is 12.2. The van der Waals surface area contributed by atoms with E-state index in [9.17, 15) is 4.79 Å². The second-order valence-electron chi connectivity index (χ2n) is 6.95. The lowest BCUT2D eigenvalue weighted by Crippen LogP contribution is -2.13. The second-order valence-corrected chi connectivity index (χ2v) is 8.65. The van der Waals surface area contributed by atoms with Crippen LogP contribution in [0.15, 0.2) is 53.1 Å². The Morgan fingerprint density at radius 2 is 2.00 bits per heavy atom. The van der Waals surface area contributed by atoms with Gasteiger partial charge in [-0.25, -0.2) is 0 Å². The minimum absolute atomic E-state index is 0.193. The molecule has 11 heteroatoms. The summed E-state index contributed by atoms with van der Waals surface area (Å²) >= 11 is 15.6. The molecule has 0 unspecified atom stereocenters. The molecule has 0 saturated heterocycles. The van der Waals surface area contributed by atoms with Crippen molar-refractivity contribution in [3.8, 4) is 22.8 Å². The third-order valence-corrected chi connectivity index (χ3v) is 5.95. The molecule has 0 aliphatic carbocycles. The predicted octanol–water partition coefficient (Wildman–Crippen LogP) is 5.37. The van der Waals surface area contributed by atoms with Crippen molar-refractivity contribution in [2.24, 2.45) is 0 Å². The molecular formula is C21H14BrCl2N5O3. The van der Waals surface area contributed by atoms with Crippen molar-refractivity contribution in [1.29, 1.82) is 0 Å².